The van der Waals surface area contributed by atoms with Gasteiger partial charge in [0.2, 0.25) is 0 Å². The molecular formula is C9H11NO2S. The van der Waals surface area contributed by atoms with E-state index in [9.17, 15) is 4.79 Å². The van der Waals surface area contributed by atoms with Crippen LogP contribution < -0.4 is 5.32 Å². The number of rotatable bonds is 1. The molecule has 0 atom stereocenters. The second-order valence-corrected chi connectivity index (χ2v) is 4.11. The van der Waals surface area contributed by atoms with Crippen LogP contribution in [0, 0.1) is 0 Å². The molecule has 2 rings (SSSR count). The summed E-state index contributed by atoms with van der Waals surface area (Å²) in [6.45, 7) is 1.89. The van der Waals surface area contributed by atoms with Crippen molar-refractivity contribution in [1.82, 2.24) is 5.32 Å². The fraction of sp³-hybridized carbons (Fsp3) is 0.444. The third-order valence-corrected chi connectivity index (χ3v) is 3.30. The Balaban J connectivity index is 2.30. The molecule has 0 saturated carbocycles. The fourth-order valence-electron chi connectivity index (χ4n) is 1.45. The van der Waals surface area contributed by atoms with Crippen molar-refractivity contribution < 1.29 is 9.53 Å². The minimum Gasteiger partial charge on any atom is -0.465 e. The van der Waals surface area contributed by atoms with Gasteiger partial charge in [-0.05, 0) is 24.6 Å². The van der Waals surface area contributed by atoms with Crippen molar-refractivity contribution in [3.63, 3.8) is 0 Å². The first-order valence-electron chi connectivity index (χ1n) is 4.22. The van der Waals surface area contributed by atoms with Gasteiger partial charge in [0.05, 0.1) is 7.11 Å². The lowest BCUT2D eigenvalue weighted by Crippen LogP contribution is -2.21. The molecule has 0 radical (unpaired) electrons. The Morgan fingerprint density at radius 2 is 2.54 bits per heavy atom. The molecule has 0 aliphatic carbocycles. The summed E-state index contributed by atoms with van der Waals surface area (Å²) in [5.74, 6) is -0.223. The molecule has 70 valence electrons. The standard InChI is InChI=1S/C9H11NO2S/c1-12-9(11)7-4-6-2-3-10-5-8(6)13-7/h4,10H,2-3,5H2,1H3. The zero-order chi connectivity index (χ0) is 9.26. The maximum absolute atomic E-state index is 11.2. The van der Waals surface area contributed by atoms with Crippen LogP contribution in [0.2, 0.25) is 0 Å². The number of carbonyl (C=O) groups is 1. The number of fused-ring (bicyclic) bond motifs is 1. The third kappa shape index (κ3) is 1.59. The third-order valence-electron chi connectivity index (χ3n) is 2.14. The van der Waals surface area contributed by atoms with Crippen molar-refractivity contribution in [1.29, 1.82) is 0 Å². The largest absolute Gasteiger partial charge is 0.465 e. The highest BCUT2D eigenvalue weighted by Crippen LogP contribution is 2.25. The molecule has 0 unspecified atom stereocenters. The summed E-state index contributed by atoms with van der Waals surface area (Å²) in [6.07, 6.45) is 1.02. The number of esters is 1. The van der Waals surface area contributed by atoms with Gasteiger partial charge in [-0.15, -0.1) is 11.3 Å². The minimum absolute atomic E-state index is 0.223. The monoisotopic (exact) mass is 197 g/mol. The van der Waals surface area contributed by atoms with Gasteiger partial charge in [-0.25, -0.2) is 4.79 Å². The predicted octanol–water partition coefficient (Wildman–Crippen LogP) is 1.18. The highest BCUT2D eigenvalue weighted by molar-refractivity contribution is 7.14. The van der Waals surface area contributed by atoms with E-state index in [-0.39, 0.29) is 5.97 Å². The Morgan fingerprint density at radius 3 is 3.23 bits per heavy atom. The summed E-state index contributed by atoms with van der Waals surface area (Å²) in [4.78, 5) is 13.2. The van der Waals surface area contributed by atoms with Crippen LogP contribution in [0.25, 0.3) is 0 Å². The molecule has 1 aromatic rings. The van der Waals surface area contributed by atoms with E-state index in [0.29, 0.717) is 0 Å². The molecule has 1 aromatic heterocycles. The summed E-state index contributed by atoms with van der Waals surface area (Å²) in [5.41, 5.74) is 1.30. The normalized spacial score (nSPS) is 15.2. The Kier molecular flexibility index (Phi) is 2.33. The van der Waals surface area contributed by atoms with E-state index in [1.165, 1.54) is 28.9 Å². The van der Waals surface area contributed by atoms with Crippen molar-refractivity contribution in [3.05, 3.63) is 21.4 Å². The second kappa shape index (κ2) is 3.47. The zero-order valence-corrected chi connectivity index (χ0v) is 8.24. The van der Waals surface area contributed by atoms with E-state index >= 15 is 0 Å². The summed E-state index contributed by atoms with van der Waals surface area (Å²) in [7, 11) is 1.42. The number of ether oxygens (including phenoxy) is 1. The molecule has 0 aromatic carbocycles. The lowest BCUT2D eigenvalue weighted by molar-refractivity contribution is 0.0606. The zero-order valence-electron chi connectivity index (χ0n) is 7.42. The van der Waals surface area contributed by atoms with Gasteiger partial charge in [0.1, 0.15) is 4.88 Å². The Morgan fingerprint density at radius 1 is 1.69 bits per heavy atom. The van der Waals surface area contributed by atoms with Crippen LogP contribution in [0.3, 0.4) is 0 Å². The molecule has 0 fully saturated rings. The van der Waals surface area contributed by atoms with Gasteiger partial charge < -0.3 is 10.1 Å². The Hall–Kier alpha value is -0.870. The topological polar surface area (TPSA) is 38.3 Å². The number of carbonyl (C=O) groups excluding carboxylic acids is 1. The molecule has 4 heteroatoms. The molecule has 2 heterocycles. The molecule has 1 N–H and O–H groups in total. The van der Waals surface area contributed by atoms with E-state index in [1.807, 2.05) is 6.07 Å². The van der Waals surface area contributed by atoms with E-state index in [1.54, 1.807) is 0 Å². The molecule has 1 aliphatic heterocycles. The predicted molar refractivity (Wildman–Crippen MR) is 51.1 cm³/mol. The number of hydrogen-bond donors (Lipinski definition) is 1. The second-order valence-electron chi connectivity index (χ2n) is 2.98. The van der Waals surface area contributed by atoms with E-state index < -0.39 is 0 Å². The van der Waals surface area contributed by atoms with Gasteiger partial charge >= 0.3 is 5.97 Å². The molecule has 0 amide bonds. The van der Waals surface area contributed by atoms with Crippen molar-refractivity contribution in [2.75, 3.05) is 13.7 Å². The SMILES string of the molecule is COC(=O)c1cc2c(s1)CNCC2. The lowest BCUT2D eigenvalue weighted by atomic mass is 10.1. The molecule has 0 bridgehead atoms. The van der Waals surface area contributed by atoms with Crippen LogP contribution in [-0.2, 0) is 17.7 Å². The first-order chi connectivity index (χ1) is 6.31. The highest BCUT2D eigenvalue weighted by atomic mass is 32.1. The Bertz CT molecular complexity index is 309. The first kappa shape index (κ1) is 8.72. The number of hydrogen-bond acceptors (Lipinski definition) is 4. The van der Waals surface area contributed by atoms with E-state index in [2.05, 4.69) is 10.1 Å². The molecular weight excluding hydrogens is 186 g/mol. The highest BCUT2D eigenvalue weighted by Gasteiger charge is 2.16. The quantitative estimate of drug-likeness (QED) is 0.687. The van der Waals surface area contributed by atoms with Crippen LogP contribution in [-0.4, -0.2) is 19.6 Å². The van der Waals surface area contributed by atoms with Gasteiger partial charge in [0.15, 0.2) is 0 Å². The summed E-state index contributed by atoms with van der Waals surface area (Å²) in [5, 5.41) is 3.27. The number of methoxy groups -OCH3 is 1. The van der Waals surface area contributed by atoms with Gasteiger partial charge in [0, 0.05) is 11.4 Å². The van der Waals surface area contributed by atoms with Crippen LogP contribution in [0.1, 0.15) is 20.1 Å². The summed E-state index contributed by atoms with van der Waals surface area (Å²) < 4.78 is 4.67. The average molecular weight is 197 g/mol. The van der Waals surface area contributed by atoms with Crippen LogP contribution >= 0.6 is 11.3 Å². The van der Waals surface area contributed by atoms with E-state index in [4.69, 9.17) is 0 Å². The summed E-state index contributed by atoms with van der Waals surface area (Å²) >= 11 is 1.53. The van der Waals surface area contributed by atoms with Gasteiger partial charge in [-0.3, -0.25) is 0 Å². The first-order valence-corrected chi connectivity index (χ1v) is 5.03. The maximum atomic E-state index is 11.2. The molecule has 0 saturated heterocycles. The lowest BCUT2D eigenvalue weighted by Gasteiger charge is -2.10. The van der Waals surface area contributed by atoms with Crippen molar-refractivity contribution in [2.45, 2.75) is 13.0 Å². The minimum atomic E-state index is -0.223. The van der Waals surface area contributed by atoms with Crippen molar-refractivity contribution in [2.24, 2.45) is 0 Å². The van der Waals surface area contributed by atoms with Crippen LogP contribution in [0.5, 0.6) is 0 Å². The number of nitrogens with one attached hydrogen (secondary N) is 1. The molecule has 3 nitrogen and oxygen atoms in total. The maximum Gasteiger partial charge on any atom is 0.348 e. The van der Waals surface area contributed by atoms with Crippen LogP contribution in [0.4, 0.5) is 0 Å². The molecule has 1 aliphatic rings. The number of thiophene rings is 1. The Labute approximate surface area is 80.7 Å². The smallest absolute Gasteiger partial charge is 0.348 e. The van der Waals surface area contributed by atoms with Gasteiger partial charge in [-0.2, -0.15) is 0 Å². The fourth-order valence-corrected chi connectivity index (χ4v) is 2.55. The average Bonchev–Trinajstić information content (AvgIpc) is 2.59. The molecule has 0 spiro atoms. The van der Waals surface area contributed by atoms with Gasteiger partial charge in [-0.1, -0.05) is 0 Å². The van der Waals surface area contributed by atoms with Crippen LogP contribution in [0.15, 0.2) is 6.07 Å². The van der Waals surface area contributed by atoms with Gasteiger partial charge in [0.25, 0.3) is 0 Å². The van der Waals surface area contributed by atoms with Crippen molar-refractivity contribution in [3.8, 4) is 0 Å². The summed E-state index contributed by atoms with van der Waals surface area (Å²) in [6, 6.07) is 1.95. The van der Waals surface area contributed by atoms with Crippen molar-refractivity contribution >= 4 is 17.3 Å². The van der Waals surface area contributed by atoms with E-state index in [0.717, 1.165) is 24.4 Å². The molecule has 13 heavy (non-hydrogen) atoms.